The van der Waals surface area contributed by atoms with Crippen molar-refractivity contribution < 1.29 is 15.0 Å². The van der Waals surface area contributed by atoms with Gasteiger partial charge < -0.3 is 20.0 Å². The Labute approximate surface area is 209 Å². The maximum absolute atomic E-state index is 13.7. The van der Waals surface area contributed by atoms with Gasteiger partial charge in [-0.2, -0.15) is 0 Å². The van der Waals surface area contributed by atoms with Crippen molar-refractivity contribution in [2.75, 3.05) is 26.2 Å². The second kappa shape index (κ2) is 9.94. The number of aliphatic hydroxyl groups is 1. The summed E-state index contributed by atoms with van der Waals surface area (Å²) in [6, 6.07) is 17.1. The predicted octanol–water partition coefficient (Wildman–Crippen LogP) is 4.68. The van der Waals surface area contributed by atoms with Gasteiger partial charge in [-0.15, -0.1) is 0 Å². The normalized spacial score (nSPS) is 29.1. The molecule has 3 unspecified atom stereocenters. The monoisotopic (exact) mass is 476 g/mol. The Morgan fingerprint density at radius 2 is 1.91 bits per heavy atom. The molecule has 0 bridgehead atoms. The van der Waals surface area contributed by atoms with Gasteiger partial charge in [0, 0.05) is 42.6 Å². The van der Waals surface area contributed by atoms with E-state index in [2.05, 4.69) is 24.8 Å². The lowest BCUT2D eigenvalue weighted by Crippen LogP contribution is -2.61. The van der Waals surface area contributed by atoms with E-state index in [1.165, 1.54) is 12.8 Å². The fourth-order valence-electron chi connectivity index (χ4n) is 6.68. The molecule has 5 heteroatoms. The van der Waals surface area contributed by atoms with Gasteiger partial charge in [0.15, 0.2) is 0 Å². The smallest absolute Gasteiger partial charge is 0.254 e. The molecule has 1 amide bonds. The number of amides is 1. The van der Waals surface area contributed by atoms with Crippen molar-refractivity contribution in [2.24, 2.45) is 17.8 Å². The predicted molar refractivity (Wildman–Crippen MR) is 138 cm³/mol. The van der Waals surface area contributed by atoms with E-state index in [4.69, 9.17) is 0 Å². The van der Waals surface area contributed by atoms with E-state index in [1.807, 2.05) is 47.4 Å². The van der Waals surface area contributed by atoms with Crippen LogP contribution < -0.4 is 0 Å². The molecule has 5 nitrogen and oxygen atoms in total. The van der Waals surface area contributed by atoms with Gasteiger partial charge >= 0.3 is 0 Å². The summed E-state index contributed by atoms with van der Waals surface area (Å²) in [6.07, 6.45) is 4.53. The Morgan fingerprint density at radius 3 is 2.60 bits per heavy atom. The number of phenolic OH excluding ortho intramolecular Hbond substituents is 1. The average Bonchev–Trinajstić information content (AvgIpc) is 3.67. The highest BCUT2D eigenvalue weighted by Crippen LogP contribution is 2.51. The third-order valence-corrected chi connectivity index (χ3v) is 8.54. The number of aliphatic hydroxyl groups excluding tert-OH is 1. The topological polar surface area (TPSA) is 64.0 Å². The summed E-state index contributed by atoms with van der Waals surface area (Å²) >= 11 is 0. The molecule has 3 aliphatic rings. The number of aromatic hydroxyl groups is 1. The maximum atomic E-state index is 13.7. The molecule has 2 N–H and O–H groups in total. The minimum absolute atomic E-state index is 0.0475. The highest BCUT2D eigenvalue weighted by Gasteiger charge is 2.53. The number of benzene rings is 2. The molecule has 0 aromatic heterocycles. The van der Waals surface area contributed by atoms with Gasteiger partial charge in [0.2, 0.25) is 0 Å². The molecular weight excluding hydrogens is 436 g/mol. The van der Waals surface area contributed by atoms with Crippen LogP contribution in [-0.4, -0.2) is 64.2 Å². The summed E-state index contributed by atoms with van der Waals surface area (Å²) in [6.45, 7) is 7.98. The van der Waals surface area contributed by atoms with Gasteiger partial charge in [0.25, 0.3) is 5.91 Å². The van der Waals surface area contributed by atoms with Crippen LogP contribution >= 0.6 is 0 Å². The maximum Gasteiger partial charge on any atom is 0.254 e. The van der Waals surface area contributed by atoms with Gasteiger partial charge in [-0.05, 0) is 80.3 Å². The fourth-order valence-corrected chi connectivity index (χ4v) is 6.68. The molecule has 2 aromatic carbocycles. The molecule has 2 aliphatic carbocycles. The number of nitrogens with zero attached hydrogens (tertiary/aromatic N) is 2. The van der Waals surface area contributed by atoms with E-state index >= 15 is 0 Å². The standard InChI is InChI=1S/C30H40N2O3/c1-21(2)18-32(29(35)23-7-4-3-5-8-23)25-16-28(34)27-20-31(19-22-11-12-22)14-13-30(27,17-25)24-9-6-10-26(33)15-24/h3-10,15,21-22,25,27-28,33-34H,11-14,16-20H2,1-2H3/t25-,27?,28?,30?/m1/s1. The van der Waals surface area contributed by atoms with E-state index in [0.29, 0.717) is 24.4 Å². The van der Waals surface area contributed by atoms with E-state index in [9.17, 15) is 15.0 Å². The van der Waals surface area contributed by atoms with Crippen molar-refractivity contribution in [3.63, 3.8) is 0 Å². The van der Waals surface area contributed by atoms with Crippen LogP contribution in [0, 0.1) is 17.8 Å². The molecule has 3 fully saturated rings. The number of carbonyl (C=O) groups is 1. The molecule has 4 atom stereocenters. The lowest BCUT2D eigenvalue weighted by molar-refractivity contribution is -0.0655. The van der Waals surface area contributed by atoms with Crippen LogP contribution in [0.3, 0.4) is 0 Å². The number of hydrogen-bond acceptors (Lipinski definition) is 4. The molecule has 0 radical (unpaired) electrons. The van der Waals surface area contributed by atoms with E-state index in [-0.39, 0.29) is 29.0 Å². The molecule has 1 saturated heterocycles. The number of rotatable bonds is 7. The van der Waals surface area contributed by atoms with Crippen molar-refractivity contribution in [1.29, 1.82) is 0 Å². The number of hydrogen-bond donors (Lipinski definition) is 2. The molecule has 1 aliphatic heterocycles. The molecule has 2 aromatic rings. The molecule has 2 saturated carbocycles. The van der Waals surface area contributed by atoms with Gasteiger partial charge in [-0.1, -0.05) is 44.2 Å². The molecular formula is C30H40N2O3. The Kier molecular flexibility index (Phi) is 6.91. The van der Waals surface area contributed by atoms with Crippen molar-refractivity contribution in [3.8, 4) is 5.75 Å². The number of phenols is 1. The Hall–Kier alpha value is -2.37. The molecule has 35 heavy (non-hydrogen) atoms. The van der Waals surface area contributed by atoms with Gasteiger partial charge in [-0.3, -0.25) is 4.79 Å². The van der Waals surface area contributed by atoms with Gasteiger partial charge in [0.1, 0.15) is 5.75 Å². The summed E-state index contributed by atoms with van der Waals surface area (Å²) in [5.41, 5.74) is 1.55. The van der Waals surface area contributed by atoms with E-state index in [1.54, 1.807) is 6.07 Å². The average molecular weight is 477 g/mol. The van der Waals surface area contributed by atoms with Crippen LogP contribution in [0.5, 0.6) is 5.75 Å². The Morgan fingerprint density at radius 1 is 1.14 bits per heavy atom. The number of fused-ring (bicyclic) bond motifs is 1. The quantitative estimate of drug-likeness (QED) is 0.609. The first-order chi connectivity index (χ1) is 16.9. The Bertz CT molecular complexity index is 1020. The zero-order valence-corrected chi connectivity index (χ0v) is 21.1. The van der Waals surface area contributed by atoms with Gasteiger partial charge in [0.05, 0.1) is 6.10 Å². The first-order valence-corrected chi connectivity index (χ1v) is 13.4. The SMILES string of the molecule is CC(C)CN(C(=O)c1ccccc1)[C@@H]1CC(O)C2CN(CC3CC3)CCC2(c2cccc(O)c2)C1. The van der Waals surface area contributed by atoms with E-state index in [0.717, 1.165) is 44.0 Å². The first kappa shape index (κ1) is 24.3. The van der Waals surface area contributed by atoms with Crippen molar-refractivity contribution in [1.82, 2.24) is 9.80 Å². The second-order valence-electron chi connectivity index (χ2n) is 11.6. The minimum Gasteiger partial charge on any atom is -0.508 e. The Balaban J connectivity index is 1.49. The summed E-state index contributed by atoms with van der Waals surface area (Å²) in [5.74, 6) is 1.57. The van der Waals surface area contributed by atoms with Crippen LogP contribution in [0.2, 0.25) is 0 Å². The minimum atomic E-state index is -0.490. The third kappa shape index (κ3) is 5.12. The molecule has 0 spiro atoms. The summed E-state index contributed by atoms with van der Waals surface area (Å²) < 4.78 is 0. The van der Waals surface area contributed by atoms with Crippen LogP contribution in [0.15, 0.2) is 54.6 Å². The zero-order chi connectivity index (χ0) is 24.6. The molecule has 5 rings (SSSR count). The van der Waals surface area contributed by atoms with Crippen LogP contribution in [-0.2, 0) is 5.41 Å². The van der Waals surface area contributed by atoms with Crippen molar-refractivity contribution in [2.45, 2.75) is 63.5 Å². The molecule has 1 heterocycles. The van der Waals surface area contributed by atoms with Gasteiger partial charge in [-0.25, -0.2) is 0 Å². The highest BCUT2D eigenvalue weighted by molar-refractivity contribution is 5.94. The fraction of sp³-hybridized carbons (Fsp3) is 0.567. The van der Waals surface area contributed by atoms with Crippen LogP contribution in [0.25, 0.3) is 0 Å². The lowest BCUT2D eigenvalue weighted by atomic mass is 9.56. The van der Waals surface area contributed by atoms with Crippen LogP contribution in [0.4, 0.5) is 0 Å². The lowest BCUT2D eigenvalue weighted by Gasteiger charge is -2.56. The number of likely N-dealkylation sites (tertiary alicyclic amines) is 1. The summed E-state index contributed by atoms with van der Waals surface area (Å²) in [5, 5.41) is 22.0. The molecule has 188 valence electrons. The van der Waals surface area contributed by atoms with E-state index < -0.39 is 6.10 Å². The zero-order valence-electron chi connectivity index (χ0n) is 21.1. The first-order valence-electron chi connectivity index (χ1n) is 13.4. The number of carbonyl (C=O) groups excluding carboxylic acids is 1. The summed E-state index contributed by atoms with van der Waals surface area (Å²) in [4.78, 5) is 18.3. The third-order valence-electron chi connectivity index (χ3n) is 8.54. The van der Waals surface area contributed by atoms with Crippen molar-refractivity contribution in [3.05, 3.63) is 65.7 Å². The largest absolute Gasteiger partial charge is 0.508 e. The van der Waals surface area contributed by atoms with Crippen LogP contribution in [0.1, 0.15) is 61.9 Å². The van der Waals surface area contributed by atoms with Crippen molar-refractivity contribution >= 4 is 5.91 Å². The highest BCUT2D eigenvalue weighted by atomic mass is 16.3. The number of piperidine rings is 1. The summed E-state index contributed by atoms with van der Waals surface area (Å²) in [7, 11) is 0. The second-order valence-corrected chi connectivity index (χ2v) is 11.6.